The molecule has 24 heavy (non-hydrogen) atoms. The molecule has 0 amide bonds. The number of hydrogen-bond acceptors (Lipinski definition) is 3. The van der Waals surface area contributed by atoms with Gasteiger partial charge in [-0.25, -0.2) is 13.4 Å². The zero-order valence-electron chi connectivity index (χ0n) is 13.8. The van der Waals surface area contributed by atoms with Crippen LogP contribution in [0.25, 0.3) is 22.2 Å². The molecule has 122 valence electrons. The number of fused-ring (bicyclic) bond motifs is 3. The van der Waals surface area contributed by atoms with Gasteiger partial charge in [0.15, 0.2) is 9.84 Å². The van der Waals surface area contributed by atoms with Gasteiger partial charge in [0.2, 0.25) is 0 Å². The predicted octanol–water partition coefficient (Wildman–Crippen LogP) is 4.10. The first-order chi connectivity index (χ1) is 11.4. The van der Waals surface area contributed by atoms with Crippen LogP contribution in [0.3, 0.4) is 0 Å². The summed E-state index contributed by atoms with van der Waals surface area (Å²) in [5.74, 6) is 0. The molecular weight excluding hydrogens is 318 g/mol. The van der Waals surface area contributed by atoms with E-state index >= 15 is 0 Å². The molecule has 0 fully saturated rings. The molecule has 3 aromatic rings. The van der Waals surface area contributed by atoms with Crippen molar-refractivity contribution >= 4 is 20.7 Å². The second-order valence-electron chi connectivity index (χ2n) is 6.57. The number of pyridine rings is 1. The molecule has 1 aliphatic rings. The van der Waals surface area contributed by atoms with Crippen LogP contribution in [-0.4, -0.2) is 19.7 Å². The van der Waals surface area contributed by atoms with Crippen LogP contribution < -0.4 is 0 Å². The molecule has 4 rings (SSSR count). The van der Waals surface area contributed by atoms with E-state index < -0.39 is 9.84 Å². The summed E-state index contributed by atoms with van der Waals surface area (Å²) in [4.78, 5) is 5.26. The lowest BCUT2D eigenvalue weighted by Crippen LogP contribution is -1.97. The van der Waals surface area contributed by atoms with E-state index in [0.29, 0.717) is 4.90 Å². The van der Waals surface area contributed by atoms with Crippen molar-refractivity contribution in [1.29, 1.82) is 0 Å². The standard InChI is InChI=1S/C20H19NO2S/c1-13-12-19(15-6-9-16(10-7-15)24(2,22)23)21-20-17(13)11-8-14-4-3-5-18(14)20/h6-12H,3-5H2,1-2H3. The van der Waals surface area contributed by atoms with E-state index in [1.807, 2.05) is 12.1 Å². The Morgan fingerprint density at radius 2 is 1.75 bits per heavy atom. The minimum atomic E-state index is -3.17. The van der Waals surface area contributed by atoms with Crippen molar-refractivity contribution < 1.29 is 8.42 Å². The topological polar surface area (TPSA) is 47.0 Å². The normalized spacial score (nSPS) is 14.1. The predicted molar refractivity (Wildman–Crippen MR) is 97.1 cm³/mol. The van der Waals surface area contributed by atoms with Crippen LogP contribution in [0.15, 0.2) is 47.4 Å². The van der Waals surface area contributed by atoms with E-state index in [2.05, 4.69) is 25.1 Å². The first-order valence-electron chi connectivity index (χ1n) is 8.16. The highest BCUT2D eigenvalue weighted by Crippen LogP contribution is 2.32. The molecule has 0 saturated carbocycles. The molecule has 1 aliphatic carbocycles. The van der Waals surface area contributed by atoms with Gasteiger partial charge in [0.1, 0.15) is 0 Å². The van der Waals surface area contributed by atoms with Gasteiger partial charge in [-0.2, -0.15) is 0 Å². The number of benzene rings is 2. The first-order valence-corrected chi connectivity index (χ1v) is 10.1. The summed E-state index contributed by atoms with van der Waals surface area (Å²) in [6, 6.07) is 13.5. The second-order valence-corrected chi connectivity index (χ2v) is 8.59. The average Bonchev–Trinajstić information content (AvgIpc) is 3.03. The lowest BCUT2D eigenvalue weighted by Gasteiger charge is -2.11. The molecule has 1 aromatic heterocycles. The van der Waals surface area contributed by atoms with Gasteiger partial charge < -0.3 is 0 Å². The molecule has 4 heteroatoms. The first kappa shape index (κ1) is 15.3. The number of rotatable bonds is 2. The van der Waals surface area contributed by atoms with Crippen LogP contribution in [0.4, 0.5) is 0 Å². The quantitative estimate of drug-likeness (QED) is 0.707. The lowest BCUT2D eigenvalue weighted by molar-refractivity contribution is 0.602. The fourth-order valence-electron chi connectivity index (χ4n) is 3.55. The van der Waals surface area contributed by atoms with E-state index in [-0.39, 0.29) is 0 Å². The van der Waals surface area contributed by atoms with Crippen molar-refractivity contribution in [3.63, 3.8) is 0 Å². The fourth-order valence-corrected chi connectivity index (χ4v) is 4.18. The fraction of sp³-hybridized carbons (Fsp3) is 0.250. The molecule has 0 aliphatic heterocycles. The van der Waals surface area contributed by atoms with Crippen molar-refractivity contribution in [3.05, 3.63) is 59.2 Å². The van der Waals surface area contributed by atoms with E-state index in [1.54, 1.807) is 12.1 Å². The van der Waals surface area contributed by atoms with Crippen molar-refractivity contribution in [3.8, 4) is 11.3 Å². The number of aryl methyl sites for hydroxylation is 3. The van der Waals surface area contributed by atoms with Crippen molar-refractivity contribution in [2.45, 2.75) is 31.1 Å². The van der Waals surface area contributed by atoms with E-state index in [0.717, 1.165) is 29.6 Å². The molecule has 0 bridgehead atoms. The van der Waals surface area contributed by atoms with Crippen LogP contribution in [0, 0.1) is 6.92 Å². The Labute approximate surface area is 142 Å². The number of aromatic nitrogens is 1. The lowest BCUT2D eigenvalue weighted by atomic mass is 10.00. The molecule has 0 unspecified atom stereocenters. The molecular formula is C20H19NO2S. The van der Waals surface area contributed by atoms with Gasteiger partial charge in [0.25, 0.3) is 0 Å². The summed E-state index contributed by atoms with van der Waals surface area (Å²) >= 11 is 0. The summed E-state index contributed by atoms with van der Waals surface area (Å²) < 4.78 is 23.2. The van der Waals surface area contributed by atoms with Crippen molar-refractivity contribution in [1.82, 2.24) is 4.98 Å². The van der Waals surface area contributed by atoms with Gasteiger partial charge >= 0.3 is 0 Å². The smallest absolute Gasteiger partial charge is 0.175 e. The van der Waals surface area contributed by atoms with Gasteiger partial charge in [0, 0.05) is 17.2 Å². The molecule has 2 aromatic carbocycles. The molecule has 0 spiro atoms. The Morgan fingerprint density at radius 1 is 1.00 bits per heavy atom. The van der Waals surface area contributed by atoms with E-state index in [9.17, 15) is 8.42 Å². The Balaban J connectivity index is 1.88. The number of sulfone groups is 1. The zero-order chi connectivity index (χ0) is 16.9. The zero-order valence-corrected chi connectivity index (χ0v) is 14.7. The highest BCUT2D eigenvalue weighted by atomic mass is 32.2. The second kappa shape index (κ2) is 5.42. The summed E-state index contributed by atoms with van der Waals surface area (Å²) in [5, 5.41) is 1.21. The SMILES string of the molecule is Cc1cc(-c2ccc(S(C)(=O)=O)cc2)nc2c3c(ccc12)CCC3. The van der Waals surface area contributed by atoms with Gasteiger partial charge in [-0.1, -0.05) is 24.3 Å². The maximum atomic E-state index is 11.6. The number of hydrogen-bond donors (Lipinski definition) is 0. The number of nitrogens with zero attached hydrogens (tertiary/aromatic N) is 1. The van der Waals surface area contributed by atoms with Gasteiger partial charge in [-0.05, 0) is 61.1 Å². The molecule has 0 atom stereocenters. The van der Waals surface area contributed by atoms with E-state index in [1.165, 1.54) is 34.8 Å². The van der Waals surface area contributed by atoms with Crippen LogP contribution in [-0.2, 0) is 22.7 Å². The summed E-state index contributed by atoms with van der Waals surface area (Å²) in [7, 11) is -3.17. The highest BCUT2D eigenvalue weighted by molar-refractivity contribution is 7.90. The van der Waals surface area contributed by atoms with Crippen LogP contribution in [0.2, 0.25) is 0 Å². The third-order valence-corrected chi connectivity index (χ3v) is 5.97. The maximum absolute atomic E-state index is 11.6. The van der Waals surface area contributed by atoms with Crippen molar-refractivity contribution in [2.75, 3.05) is 6.26 Å². The summed E-state index contributed by atoms with van der Waals surface area (Å²) in [6.45, 7) is 2.11. The van der Waals surface area contributed by atoms with Crippen LogP contribution in [0.1, 0.15) is 23.1 Å². The minimum absolute atomic E-state index is 0.338. The van der Waals surface area contributed by atoms with Gasteiger partial charge in [0.05, 0.1) is 16.1 Å². The Morgan fingerprint density at radius 3 is 2.46 bits per heavy atom. The van der Waals surface area contributed by atoms with Crippen LogP contribution >= 0.6 is 0 Å². The van der Waals surface area contributed by atoms with Crippen LogP contribution in [0.5, 0.6) is 0 Å². The molecule has 0 radical (unpaired) electrons. The monoisotopic (exact) mass is 337 g/mol. The average molecular weight is 337 g/mol. The minimum Gasteiger partial charge on any atom is -0.247 e. The third-order valence-electron chi connectivity index (χ3n) is 4.84. The van der Waals surface area contributed by atoms with Gasteiger partial charge in [-0.3, -0.25) is 0 Å². The van der Waals surface area contributed by atoms with Gasteiger partial charge in [-0.15, -0.1) is 0 Å². The molecule has 0 N–H and O–H groups in total. The molecule has 0 saturated heterocycles. The van der Waals surface area contributed by atoms with E-state index in [4.69, 9.17) is 4.98 Å². The third kappa shape index (κ3) is 2.51. The molecule has 3 nitrogen and oxygen atoms in total. The summed E-state index contributed by atoms with van der Waals surface area (Å²) in [6.07, 6.45) is 4.65. The Kier molecular flexibility index (Phi) is 3.46. The Hall–Kier alpha value is -2.20. The maximum Gasteiger partial charge on any atom is 0.175 e. The van der Waals surface area contributed by atoms with Crippen molar-refractivity contribution in [2.24, 2.45) is 0 Å². The Bertz CT molecular complexity index is 1050. The largest absolute Gasteiger partial charge is 0.247 e. The molecule has 1 heterocycles. The highest BCUT2D eigenvalue weighted by Gasteiger charge is 2.17. The summed E-state index contributed by atoms with van der Waals surface area (Å²) in [5.41, 5.74) is 6.96.